The molecule has 1 aliphatic rings. The molecule has 0 radical (unpaired) electrons. The Labute approximate surface area is 85.8 Å². The van der Waals surface area contributed by atoms with E-state index in [0.717, 1.165) is 19.3 Å². The molecular formula is C10H13F3O2. The first-order chi connectivity index (χ1) is 6.91. The number of rotatable bonds is 2. The Morgan fingerprint density at radius 2 is 1.73 bits per heavy atom. The maximum atomic E-state index is 12.5. The van der Waals surface area contributed by atoms with Crippen molar-refractivity contribution in [3.8, 4) is 0 Å². The molecule has 1 aliphatic carbocycles. The van der Waals surface area contributed by atoms with Crippen molar-refractivity contribution < 1.29 is 23.1 Å². The summed E-state index contributed by atoms with van der Waals surface area (Å²) in [5, 5.41) is 8.40. The van der Waals surface area contributed by atoms with Crippen LogP contribution in [-0.4, -0.2) is 17.3 Å². The Hall–Kier alpha value is -1.00. The zero-order chi connectivity index (χ0) is 11.5. The molecule has 0 bridgehead atoms. The predicted molar refractivity (Wildman–Crippen MR) is 48.3 cm³/mol. The van der Waals surface area contributed by atoms with Crippen LogP contribution in [0.1, 0.15) is 32.1 Å². The van der Waals surface area contributed by atoms with Gasteiger partial charge in [0, 0.05) is 11.6 Å². The van der Waals surface area contributed by atoms with Gasteiger partial charge in [-0.1, -0.05) is 19.3 Å². The summed E-state index contributed by atoms with van der Waals surface area (Å²) in [7, 11) is 0. The Morgan fingerprint density at radius 1 is 1.20 bits per heavy atom. The molecule has 1 saturated carbocycles. The molecule has 0 aromatic carbocycles. The molecule has 1 fully saturated rings. The number of carboxylic acids is 1. The molecule has 0 aromatic heterocycles. The third-order valence-electron chi connectivity index (χ3n) is 2.65. The van der Waals surface area contributed by atoms with Crippen molar-refractivity contribution in [2.45, 2.75) is 38.3 Å². The summed E-state index contributed by atoms with van der Waals surface area (Å²) in [5.41, 5.74) is -0.880. The molecule has 1 N–H and O–H groups in total. The minimum absolute atomic E-state index is 0.315. The second-order valence-corrected chi connectivity index (χ2v) is 3.77. The van der Waals surface area contributed by atoms with Gasteiger partial charge in [-0.3, -0.25) is 0 Å². The second-order valence-electron chi connectivity index (χ2n) is 3.77. The number of carboxylic acid groups (broad SMARTS) is 1. The summed E-state index contributed by atoms with van der Waals surface area (Å²) in [6.45, 7) is 0. The predicted octanol–water partition coefficient (Wildman–Crippen LogP) is 3.14. The van der Waals surface area contributed by atoms with Crippen LogP contribution in [0.2, 0.25) is 0 Å². The zero-order valence-electron chi connectivity index (χ0n) is 8.18. The van der Waals surface area contributed by atoms with Gasteiger partial charge in [0.15, 0.2) is 0 Å². The van der Waals surface area contributed by atoms with E-state index in [1.807, 2.05) is 0 Å². The molecule has 0 heterocycles. The van der Waals surface area contributed by atoms with Gasteiger partial charge in [-0.2, -0.15) is 13.2 Å². The lowest BCUT2D eigenvalue weighted by atomic mass is 9.83. The van der Waals surface area contributed by atoms with Crippen LogP contribution < -0.4 is 0 Å². The van der Waals surface area contributed by atoms with Crippen molar-refractivity contribution in [3.63, 3.8) is 0 Å². The highest BCUT2D eigenvalue weighted by molar-refractivity contribution is 5.81. The third kappa shape index (κ3) is 3.57. The van der Waals surface area contributed by atoms with Gasteiger partial charge in [0.25, 0.3) is 0 Å². The number of carbonyl (C=O) groups is 1. The number of alkyl halides is 3. The van der Waals surface area contributed by atoms with Crippen LogP contribution in [0.5, 0.6) is 0 Å². The van der Waals surface area contributed by atoms with E-state index in [1.54, 1.807) is 0 Å². The third-order valence-corrected chi connectivity index (χ3v) is 2.65. The largest absolute Gasteiger partial charge is 0.478 e. The fourth-order valence-electron chi connectivity index (χ4n) is 1.98. The zero-order valence-corrected chi connectivity index (χ0v) is 8.18. The molecule has 0 aliphatic heterocycles. The van der Waals surface area contributed by atoms with Crippen LogP contribution in [0.15, 0.2) is 11.6 Å². The number of aliphatic carboxylic acids is 1. The average molecular weight is 222 g/mol. The van der Waals surface area contributed by atoms with Crippen LogP contribution in [0.3, 0.4) is 0 Å². The molecule has 86 valence electrons. The summed E-state index contributed by atoms with van der Waals surface area (Å²) in [4.78, 5) is 10.3. The van der Waals surface area contributed by atoms with Crippen molar-refractivity contribution in [1.29, 1.82) is 0 Å². The van der Waals surface area contributed by atoms with E-state index < -0.39 is 23.6 Å². The van der Waals surface area contributed by atoms with Crippen molar-refractivity contribution in [1.82, 2.24) is 0 Å². The highest BCUT2D eigenvalue weighted by Crippen LogP contribution is 2.38. The topological polar surface area (TPSA) is 37.3 Å². The van der Waals surface area contributed by atoms with Crippen LogP contribution >= 0.6 is 0 Å². The van der Waals surface area contributed by atoms with E-state index in [9.17, 15) is 18.0 Å². The van der Waals surface area contributed by atoms with Crippen molar-refractivity contribution in [2.24, 2.45) is 5.92 Å². The normalized spacial score (nSPS) is 20.3. The van der Waals surface area contributed by atoms with E-state index >= 15 is 0 Å². The standard InChI is InChI=1S/C10H13F3O2/c11-10(12,13)8(6-9(14)15)7-4-2-1-3-5-7/h6-7H,1-5H2,(H,14,15). The van der Waals surface area contributed by atoms with Crippen LogP contribution in [0.25, 0.3) is 0 Å². The van der Waals surface area contributed by atoms with E-state index in [1.165, 1.54) is 0 Å². The first-order valence-electron chi connectivity index (χ1n) is 4.93. The molecule has 1 rings (SSSR count). The number of allylic oxidation sites excluding steroid dienone is 1. The first kappa shape index (κ1) is 12.1. The molecular weight excluding hydrogens is 209 g/mol. The minimum Gasteiger partial charge on any atom is -0.478 e. The lowest BCUT2D eigenvalue weighted by Gasteiger charge is -2.25. The molecule has 0 unspecified atom stereocenters. The number of hydrogen-bond donors (Lipinski definition) is 1. The van der Waals surface area contributed by atoms with Gasteiger partial charge < -0.3 is 5.11 Å². The molecule has 2 nitrogen and oxygen atoms in total. The minimum atomic E-state index is -4.51. The van der Waals surface area contributed by atoms with Gasteiger partial charge in [-0.15, -0.1) is 0 Å². The molecule has 5 heteroatoms. The highest BCUT2D eigenvalue weighted by Gasteiger charge is 2.39. The quantitative estimate of drug-likeness (QED) is 0.729. The molecule has 0 saturated heterocycles. The van der Waals surface area contributed by atoms with E-state index in [2.05, 4.69) is 0 Å². The summed E-state index contributed by atoms with van der Waals surface area (Å²) in [6, 6.07) is 0. The lowest BCUT2D eigenvalue weighted by Crippen LogP contribution is -2.23. The Kier molecular flexibility index (Phi) is 3.77. The van der Waals surface area contributed by atoms with Gasteiger partial charge >= 0.3 is 12.1 Å². The van der Waals surface area contributed by atoms with Gasteiger partial charge in [-0.05, 0) is 18.8 Å². The molecule has 0 amide bonds. The van der Waals surface area contributed by atoms with E-state index in [-0.39, 0.29) is 0 Å². The van der Waals surface area contributed by atoms with Crippen molar-refractivity contribution in [3.05, 3.63) is 11.6 Å². The number of hydrogen-bond acceptors (Lipinski definition) is 1. The molecule has 0 spiro atoms. The van der Waals surface area contributed by atoms with Crippen molar-refractivity contribution >= 4 is 5.97 Å². The van der Waals surface area contributed by atoms with Crippen LogP contribution in [0.4, 0.5) is 13.2 Å². The van der Waals surface area contributed by atoms with Gasteiger partial charge in [0.1, 0.15) is 0 Å². The fraction of sp³-hybridized carbons (Fsp3) is 0.700. The van der Waals surface area contributed by atoms with Crippen LogP contribution in [-0.2, 0) is 4.79 Å². The van der Waals surface area contributed by atoms with E-state index in [4.69, 9.17) is 5.11 Å². The Morgan fingerprint density at radius 3 is 2.13 bits per heavy atom. The Balaban J connectivity index is 2.85. The van der Waals surface area contributed by atoms with Gasteiger partial charge in [0.2, 0.25) is 0 Å². The smallest absolute Gasteiger partial charge is 0.413 e. The highest BCUT2D eigenvalue weighted by atomic mass is 19.4. The summed E-state index contributed by atoms with van der Waals surface area (Å²) in [6.07, 6.45) is -0.877. The Bertz CT molecular complexity index is 262. The summed E-state index contributed by atoms with van der Waals surface area (Å²) >= 11 is 0. The SMILES string of the molecule is O=C(O)C=C(C1CCCCC1)C(F)(F)F. The fourth-order valence-corrected chi connectivity index (χ4v) is 1.98. The maximum absolute atomic E-state index is 12.5. The van der Waals surface area contributed by atoms with Gasteiger partial charge in [0.05, 0.1) is 0 Å². The second kappa shape index (κ2) is 4.68. The number of halogens is 3. The monoisotopic (exact) mass is 222 g/mol. The summed E-state index contributed by atoms with van der Waals surface area (Å²) in [5.74, 6) is -2.15. The van der Waals surface area contributed by atoms with Gasteiger partial charge in [-0.25, -0.2) is 4.79 Å². The molecule has 15 heavy (non-hydrogen) atoms. The molecule has 0 aromatic rings. The lowest BCUT2D eigenvalue weighted by molar-refractivity contribution is -0.133. The maximum Gasteiger partial charge on any atom is 0.413 e. The van der Waals surface area contributed by atoms with Crippen molar-refractivity contribution in [2.75, 3.05) is 0 Å². The molecule has 0 atom stereocenters. The first-order valence-corrected chi connectivity index (χ1v) is 4.93. The van der Waals surface area contributed by atoms with E-state index in [0.29, 0.717) is 18.9 Å². The average Bonchev–Trinajstić information content (AvgIpc) is 2.14. The van der Waals surface area contributed by atoms with Crippen LogP contribution in [0, 0.1) is 5.92 Å². The summed E-state index contributed by atoms with van der Waals surface area (Å²) < 4.78 is 37.6.